The molecule has 0 unspecified atom stereocenters. The molecular formula is C16H12ClN3O3S2. The van der Waals surface area contributed by atoms with E-state index in [0.29, 0.717) is 14.9 Å². The minimum absolute atomic E-state index is 0.0750. The molecule has 1 aliphatic heterocycles. The van der Waals surface area contributed by atoms with Gasteiger partial charge < -0.3 is 9.88 Å². The third-order valence-corrected chi connectivity index (χ3v) is 5.25. The Labute approximate surface area is 158 Å². The molecule has 1 saturated heterocycles. The summed E-state index contributed by atoms with van der Waals surface area (Å²) < 4.78 is 2.37. The minimum Gasteiger partial charge on any atom is -0.318 e. The number of carbonyl (C=O) groups excluding carboxylic acids is 1. The van der Waals surface area contributed by atoms with Gasteiger partial charge in [-0.15, -0.1) is 0 Å². The Morgan fingerprint density at radius 1 is 1.36 bits per heavy atom. The molecule has 9 heteroatoms. The third-order valence-electron chi connectivity index (χ3n) is 3.79. The molecule has 0 bridgehead atoms. The van der Waals surface area contributed by atoms with Crippen LogP contribution in [0.2, 0.25) is 5.02 Å². The highest BCUT2D eigenvalue weighted by Crippen LogP contribution is 2.31. The first-order valence-electron chi connectivity index (χ1n) is 7.16. The van der Waals surface area contributed by atoms with Gasteiger partial charge in [-0.3, -0.25) is 14.9 Å². The number of nitrogens with one attached hydrogen (secondary N) is 1. The first kappa shape index (κ1) is 17.7. The highest BCUT2D eigenvalue weighted by Gasteiger charge is 2.23. The fourth-order valence-corrected chi connectivity index (χ4v) is 3.96. The Kier molecular flexibility index (Phi) is 4.68. The number of nitrogens with zero attached hydrogens (tertiary/aromatic N) is 2. The van der Waals surface area contributed by atoms with E-state index in [0.717, 1.165) is 17.0 Å². The molecule has 0 aliphatic carbocycles. The number of thiocarbonyl (C=S) groups is 1. The topological polar surface area (TPSA) is 77.2 Å². The Balaban J connectivity index is 2.05. The average Bonchev–Trinajstić information content (AvgIpc) is 2.98. The SMILES string of the molecule is Cc1cc(/C=C2\SC(=S)NC2=O)c(C)n1-c1ccc([N+](=O)[O-])c(Cl)c1. The molecule has 25 heavy (non-hydrogen) atoms. The monoisotopic (exact) mass is 393 g/mol. The van der Waals surface area contributed by atoms with E-state index in [2.05, 4.69) is 5.32 Å². The van der Waals surface area contributed by atoms with Gasteiger partial charge in [0.15, 0.2) is 0 Å². The number of aryl methyl sites for hydroxylation is 1. The zero-order chi connectivity index (χ0) is 18.3. The first-order chi connectivity index (χ1) is 11.8. The molecule has 1 aromatic carbocycles. The van der Waals surface area contributed by atoms with Crippen molar-refractivity contribution in [3.63, 3.8) is 0 Å². The molecule has 2 heterocycles. The van der Waals surface area contributed by atoms with E-state index < -0.39 is 4.92 Å². The average molecular weight is 394 g/mol. The maximum Gasteiger partial charge on any atom is 0.288 e. The summed E-state index contributed by atoms with van der Waals surface area (Å²) in [5, 5.41) is 13.6. The second-order valence-electron chi connectivity index (χ2n) is 5.41. The number of amides is 1. The van der Waals surface area contributed by atoms with Crippen LogP contribution in [0.4, 0.5) is 5.69 Å². The van der Waals surface area contributed by atoms with Gasteiger partial charge in [0.1, 0.15) is 9.34 Å². The molecule has 6 nitrogen and oxygen atoms in total. The number of benzene rings is 1. The molecule has 2 aromatic rings. The summed E-state index contributed by atoms with van der Waals surface area (Å²) in [6, 6.07) is 6.52. The van der Waals surface area contributed by atoms with Gasteiger partial charge in [0, 0.05) is 23.1 Å². The van der Waals surface area contributed by atoms with Crippen molar-refractivity contribution in [1.29, 1.82) is 0 Å². The lowest BCUT2D eigenvalue weighted by Crippen LogP contribution is -2.17. The van der Waals surface area contributed by atoms with E-state index in [9.17, 15) is 14.9 Å². The summed E-state index contributed by atoms with van der Waals surface area (Å²) in [6.45, 7) is 3.82. The first-order valence-corrected chi connectivity index (χ1v) is 8.76. The van der Waals surface area contributed by atoms with Crippen molar-refractivity contribution in [3.05, 3.63) is 61.3 Å². The number of hydrogen-bond acceptors (Lipinski definition) is 5. The normalized spacial score (nSPS) is 15.7. The number of nitro benzene ring substituents is 1. The number of aromatic nitrogens is 1. The lowest BCUT2D eigenvalue weighted by molar-refractivity contribution is -0.384. The quantitative estimate of drug-likeness (QED) is 0.367. The summed E-state index contributed by atoms with van der Waals surface area (Å²) in [5.74, 6) is -0.210. The van der Waals surface area contributed by atoms with Crippen molar-refractivity contribution in [2.24, 2.45) is 0 Å². The number of nitro groups is 1. The number of halogens is 1. The number of carbonyl (C=O) groups is 1. The second kappa shape index (κ2) is 6.62. The molecule has 1 N–H and O–H groups in total. The summed E-state index contributed by atoms with van der Waals surface area (Å²) in [6.07, 6.45) is 1.78. The molecule has 1 aliphatic rings. The third kappa shape index (κ3) is 3.33. The fourth-order valence-electron chi connectivity index (χ4n) is 2.68. The van der Waals surface area contributed by atoms with E-state index in [-0.39, 0.29) is 16.6 Å². The molecule has 0 saturated carbocycles. The Morgan fingerprint density at radius 3 is 2.64 bits per heavy atom. The van der Waals surface area contributed by atoms with Crippen LogP contribution >= 0.6 is 35.6 Å². The van der Waals surface area contributed by atoms with E-state index >= 15 is 0 Å². The van der Waals surface area contributed by atoms with E-state index in [1.165, 1.54) is 17.8 Å². The van der Waals surface area contributed by atoms with Gasteiger partial charge in [0.05, 0.1) is 9.83 Å². The van der Waals surface area contributed by atoms with Crippen molar-refractivity contribution in [2.75, 3.05) is 0 Å². The van der Waals surface area contributed by atoms with Crippen LogP contribution in [0.25, 0.3) is 11.8 Å². The van der Waals surface area contributed by atoms with Gasteiger partial charge in [-0.2, -0.15) is 0 Å². The van der Waals surface area contributed by atoms with Crippen LogP contribution < -0.4 is 5.32 Å². The van der Waals surface area contributed by atoms with Crippen LogP contribution in [0.1, 0.15) is 17.0 Å². The zero-order valence-corrected chi connectivity index (χ0v) is 15.6. The highest BCUT2D eigenvalue weighted by atomic mass is 35.5. The van der Waals surface area contributed by atoms with Gasteiger partial charge >= 0.3 is 0 Å². The molecule has 1 aromatic heterocycles. The second-order valence-corrected chi connectivity index (χ2v) is 7.53. The number of thioether (sulfide) groups is 1. The molecular weight excluding hydrogens is 382 g/mol. The lowest BCUT2D eigenvalue weighted by atomic mass is 10.2. The van der Waals surface area contributed by atoms with Crippen LogP contribution in [0.5, 0.6) is 0 Å². The Bertz CT molecular complexity index is 966. The van der Waals surface area contributed by atoms with Crippen LogP contribution in [0, 0.1) is 24.0 Å². The fraction of sp³-hybridized carbons (Fsp3) is 0.125. The van der Waals surface area contributed by atoms with Crippen LogP contribution in [-0.2, 0) is 4.79 Å². The summed E-state index contributed by atoms with van der Waals surface area (Å²) in [7, 11) is 0. The van der Waals surface area contributed by atoms with Crippen molar-refractivity contribution in [3.8, 4) is 5.69 Å². The molecule has 0 atom stereocenters. The van der Waals surface area contributed by atoms with E-state index in [1.54, 1.807) is 18.2 Å². The van der Waals surface area contributed by atoms with Gasteiger partial charge in [-0.1, -0.05) is 35.6 Å². The van der Waals surface area contributed by atoms with Gasteiger partial charge in [0.2, 0.25) is 0 Å². The minimum atomic E-state index is -0.518. The largest absolute Gasteiger partial charge is 0.318 e. The van der Waals surface area contributed by atoms with Gasteiger partial charge in [-0.05, 0) is 43.7 Å². The van der Waals surface area contributed by atoms with Gasteiger partial charge in [0.25, 0.3) is 11.6 Å². The standard InChI is InChI=1S/C16H12ClN3O3S2/c1-8-5-10(6-14-15(21)18-16(24)25-14)9(2)19(8)11-3-4-13(20(22)23)12(17)7-11/h3-7H,1-2H3,(H,18,21,24)/b14-6-. The number of hydrogen-bond donors (Lipinski definition) is 1. The van der Waals surface area contributed by atoms with Gasteiger partial charge in [-0.25, -0.2) is 0 Å². The van der Waals surface area contributed by atoms with Crippen LogP contribution in [0.15, 0.2) is 29.2 Å². The molecule has 3 rings (SSSR count). The van der Waals surface area contributed by atoms with Crippen molar-refractivity contribution < 1.29 is 9.72 Å². The van der Waals surface area contributed by atoms with E-state index in [1.807, 2.05) is 24.5 Å². The highest BCUT2D eigenvalue weighted by molar-refractivity contribution is 8.26. The lowest BCUT2D eigenvalue weighted by Gasteiger charge is -2.10. The molecule has 0 radical (unpaired) electrons. The smallest absolute Gasteiger partial charge is 0.288 e. The molecule has 1 fully saturated rings. The molecule has 128 valence electrons. The van der Waals surface area contributed by atoms with E-state index in [4.69, 9.17) is 23.8 Å². The maximum atomic E-state index is 11.8. The summed E-state index contributed by atoms with van der Waals surface area (Å²) >= 11 is 12.2. The summed E-state index contributed by atoms with van der Waals surface area (Å²) in [5.41, 5.74) is 3.26. The Morgan fingerprint density at radius 2 is 2.08 bits per heavy atom. The number of rotatable bonds is 3. The zero-order valence-electron chi connectivity index (χ0n) is 13.2. The molecule has 1 amide bonds. The predicted octanol–water partition coefficient (Wildman–Crippen LogP) is 4.14. The maximum absolute atomic E-state index is 11.8. The predicted molar refractivity (Wildman–Crippen MR) is 103 cm³/mol. The van der Waals surface area contributed by atoms with Crippen LogP contribution in [-0.4, -0.2) is 19.7 Å². The Hall–Kier alpha value is -2.16. The molecule has 0 spiro atoms. The van der Waals surface area contributed by atoms with Crippen LogP contribution in [0.3, 0.4) is 0 Å². The van der Waals surface area contributed by atoms with Crippen molar-refractivity contribution in [1.82, 2.24) is 9.88 Å². The van der Waals surface area contributed by atoms with Crippen molar-refractivity contribution in [2.45, 2.75) is 13.8 Å². The van der Waals surface area contributed by atoms with Crippen molar-refractivity contribution >= 4 is 57.6 Å². The summed E-state index contributed by atoms with van der Waals surface area (Å²) in [4.78, 5) is 22.8.